The van der Waals surface area contributed by atoms with Crippen LogP contribution in [0.1, 0.15) is 26.2 Å². The molecule has 0 aromatic carbocycles. The number of methoxy groups -OCH3 is 1. The number of hydrogen-bond acceptors (Lipinski definition) is 3. The van der Waals surface area contributed by atoms with Gasteiger partial charge in [0, 0.05) is 26.3 Å². The highest BCUT2D eigenvalue weighted by Crippen LogP contribution is 2.33. The maximum atomic E-state index is 5.56. The highest BCUT2D eigenvalue weighted by Gasteiger charge is 2.32. The quantitative estimate of drug-likeness (QED) is 0.724. The van der Waals surface area contributed by atoms with Gasteiger partial charge in [-0.05, 0) is 38.0 Å². The normalized spacial score (nSPS) is 33.2. The second-order valence-corrected chi connectivity index (χ2v) is 4.93. The summed E-state index contributed by atoms with van der Waals surface area (Å²) in [6.07, 6.45) is 4.38. The molecule has 15 heavy (non-hydrogen) atoms. The van der Waals surface area contributed by atoms with E-state index in [1.807, 2.05) is 0 Å². The van der Waals surface area contributed by atoms with Crippen molar-refractivity contribution >= 4 is 0 Å². The summed E-state index contributed by atoms with van der Waals surface area (Å²) in [6, 6.07) is 0.572. The Hall–Kier alpha value is -0.120. The molecule has 1 heterocycles. The number of ether oxygens (including phenoxy) is 2. The van der Waals surface area contributed by atoms with Crippen LogP contribution in [-0.2, 0) is 9.47 Å². The lowest BCUT2D eigenvalue weighted by atomic mass is 10.0. The van der Waals surface area contributed by atoms with Crippen LogP contribution >= 0.6 is 0 Å². The Morgan fingerprint density at radius 2 is 2.20 bits per heavy atom. The van der Waals surface area contributed by atoms with E-state index in [-0.39, 0.29) is 0 Å². The van der Waals surface area contributed by atoms with Gasteiger partial charge in [0.25, 0.3) is 0 Å². The van der Waals surface area contributed by atoms with E-state index in [4.69, 9.17) is 9.47 Å². The Balaban J connectivity index is 1.70. The van der Waals surface area contributed by atoms with Crippen LogP contribution in [-0.4, -0.2) is 39.0 Å². The van der Waals surface area contributed by atoms with Crippen molar-refractivity contribution in [3.05, 3.63) is 0 Å². The Kier molecular flexibility index (Phi) is 4.00. The summed E-state index contributed by atoms with van der Waals surface area (Å²) in [5.74, 6) is 1.56. The smallest absolute Gasteiger partial charge is 0.0618 e. The van der Waals surface area contributed by atoms with Gasteiger partial charge in [-0.1, -0.05) is 0 Å². The van der Waals surface area contributed by atoms with E-state index in [9.17, 15) is 0 Å². The zero-order chi connectivity index (χ0) is 10.7. The lowest BCUT2D eigenvalue weighted by molar-refractivity contribution is 0.101. The number of nitrogens with one attached hydrogen (secondary N) is 1. The largest absolute Gasteiger partial charge is 0.383 e. The zero-order valence-electron chi connectivity index (χ0n) is 9.87. The summed E-state index contributed by atoms with van der Waals surface area (Å²) < 4.78 is 10.8. The molecule has 2 rings (SSSR count). The van der Waals surface area contributed by atoms with Crippen molar-refractivity contribution in [3.63, 3.8) is 0 Å². The molecule has 3 atom stereocenters. The van der Waals surface area contributed by atoms with E-state index in [0.29, 0.717) is 18.1 Å². The summed E-state index contributed by atoms with van der Waals surface area (Å²) in [4.78, 5) is 0. The van der Waals surface area contributed by atoms with E-state index >= 15 is 0 Å². The van der Waals surface area contributed by atoms with E-state index in [2.05, 4.69) is 12.2 Å². The van der Waals surface area contributed by atoms with Crippen LogP contribution in [0.25, 0.3) is 0 Å². The van der Waals surface area contributed by atoms with Crippen LogP contribution < -0.4 is 5.32 Å². The molecule has 88 valence electrons. The van der Waals surface area contributed by atoms with Crippen LogP contribution in [0.2, 0.25) is 0 Å². The fourth-order valence-electron chi connectivity index (χ4n) is 2.39. The minimum atomic E-state index is 0.430. The van der Waals surface area contributed by atoms with Crippen molar-refractivity contribution in [2.24, 2.45) is 11.8 Å². The van der Waals surface area contributed by atoms with Gasteiger partial charge in [0.05, 0.1) is 12.7 Å². The second kappa shape index (κ2) is 5.28. The lowest BCUT2D eigenvalue weighted by Crippen LogP contribution is -2.39. The average molecular weight is 213 g/mol. The molecule has 1 aliphatic heterocycles. The van der Waals surface area contributed by atoms with Gasteiger partial charge in [0.2, 0.25) is 0 Å². The summed E-state index contributed by atoms with van der Waals surface area (Å²) in [7, 11) is 1.79. The van der Waals surface area contributed by atoms with Gasteiger partial charge in [-0.3, -0.25) is 0 Å². The Bertz CT molecular complexity index is 194. The van der Waals surface area contributed by atoms with Gasteiger partial charge in [0.1, 0.15) is 0 Å². The average Bonchev–Trinajstić information content (AvgIpc) is 2.98. The van der Waals surface area contributed by atoms with Crippen LogP contribution in [0.15, 0.2) is 0 Å². The van der Waals surface area contributed by atoms with E-state index in [0.717, 1.165) is 25.7 Å². The predicted molar refractivity (Wildman–Crippen MR) is 59.9 cm³/mol. The molecule has 0 radical (unpaired) electrons. The monoisotopic (exact) mass is 213 g/mol. The zero-order valence-corrected chi connectivity index (χ0v) is 9.87. The molecule has 0 bridgehead atoms. The van der Waals surface area contributed by atoms with Crippen molar-refractivity contribution < 1.29 is 9.47 Å². The molecule has 0 aromatic heterocycles. The third kappa shape index (κ3) is 3.16. The fourth-order valence-corrected chi connectivity index (χ4v) is 2.39. The van der Waals surface area contributed by atoms with Crippen molar-refractivity contribution in [3.8, 4) is 0 Å². The summed E-state index contributed by atoms with van der Waals surface area (Å²) >= 11 is 0. The van der Waals surface area contributed by atoms with Crippen LogP contribution in [0.3, 0.4) is 0 Å². The molecule has 1 saturated heterocycles. The molecule has 2 fully saturated rings. The molecule has 1 aliphatic carbocycles. The van der Waals surface area contributed by atoms with Gasteiger partial charge in [-0.15, -0.1) is 0 Å². The first-order valence-corrected chi connectivity index (χ1v) is 6.15. The van der Waals surface area contributed by atoms with Crippen LogP contribution in [0.5, 0.6) is 0 Å². The fraction of sp³-hybridized carbons (Fsp3) is 1.00. The van der Waals surface area contributed by atoms with Gasteiger partial charge in [-0.2, -0.15) is 0 Å². The van der Waals surface area contributed by atoms with E-state index in [1.165, 1.54) is 19.3 Å². The molecule has 0 amide bonds. The van der Waals surface area contributed by atoms with Crippen molar-refractivity contribution in [2.45, 2.75) is 38.3 Å². The van der Waals surface area contributed by atoms with Gasteiger partial charge >= 0.3 is 0 Å². The maximum absolute atomic E-state index is 5.56. The van der Waals surface area contributed by atoms with Gasteiger partial charge in [0.15, 0.2) is 0 Å². The number of hydrogen-bond donors (Lipinski definition) is 1. The van der Waals surface area contributed by atoms with Crippen molar-refractivity contribution in [1.82, 2.24) is 5.32 Å². The van der Waals surface area contributed by atoms with Crippen molar-refractivity contribution in [2.75, 3.05) is 26.9 Å². The third-order valence-electron chi connectivity index (χ3n) is 3.71. The van der Waals surface area contributed by atoms with E-state index < -0.39 is 0 Å². The molecule has 0 aromatic rings. The van der Waals surface area contributed by atoms with Crippen LogP contribution in [0.4, 0.5) is 0 Å². The molecule has 3 unspecified atom stereocenters. The Morgan fingerprint density at radius 1 is 1.40 bits per heavy atom. The minimum Gasteiger partial charge on any atom is -0.383 e. The maximum Gasteiger partial charge on any atom is 0.0618 e. The summed E-state index contributed by atoms with van der Waals surface area (Å²) in [5, 5.41) is 3.65. The molecule has 1 saturated carbocycles. The van der Waals surface area contributed by atoms with Gasteiger partial charge < -0.3 is 14.8 Å². The predicted octanol–water partition coefficient (Wildman–Crippen LogP) is 1.43. The van der Waals surface area contributed by atoms with Crippen LogP contribution in [0, 0.1) is 11.8 Å². The Morgan fingerprint density at radius 3 is 2.73 bits per heavy atom. The molecule has 1 N–H and O–H groups in total. The SMILES string of the molecule is COCC(NCC1CCOC1C)C1CC1. The second-order valence-electron chi connectivity index (χ2n) is 4.93. The molecule has 2 aliphatic rings. The minimum absolute atomic E-state index is 0.430. The van der Waals surface area contributed by atoms with E-state index in [1.54, 1.807) is 7.11 Å². The third-order valence-corrected chi connectivity index (χ3v) is 3.71. The summed E-state index contributed by atoms with van der Waals surface area (Å²) in [5.41, 5.74) is 0. The first-order valence-electron chi connectivity index (χ1n) is 6.15. The first kappa shape index (κ1) is 11.4. The summed E-state index contributed by atoms with van der Waals surface area (Å²) in [6.45, 7) is 5.06. The molecular weight excluding hydrogens is 190 g/mol. The highest BCUT2D eigenvalue weighted by atomic mass is 16.5. The molecule has 0 spiro atoms. The molecule has 3 nitrogen and oxygen atoms in total. The standard InChI is InChI=1S/C12H23NO2/c1-9-11(5-6-15-9)7-13-12(8-14-2)10-3-4-10/h9-13H,3-8H2,1-2H3. The highest BCUT2D eigenvalue weighted by molar-refractivity contribution is 4.87. The first-order chi connectivity index (χ1) is 7.31. The van der Waals surface area contributed by atoms with Gasteiger partial charge in [-0.25, -0.2) is 0 Å². The molecular formula is C12H23NO2. The number of rotatable bonds is 6. The van der Waals surface area contributed by atoms with Crippen molar-refractivity contribution in [1.29, 1.82) is 0 Å². The lowest BCUT2D eigenvalue weighted by Gasteiger charge is -2.21. The Labute approximate surface area is 92.5 Å². The topological polar surface area (TPSA) is 30.5 Å². The molecule has 3 heteroatoms.